The number of aromatic nitrogens is 1. The smallest absolute Gasteiger partial charge is 0.315 e. The van der Waals surface area contributed by atoms with Crippen molar-refractivity contribution in [1.29, 1.82) is 0 Å². The van der Waals surface area contributed by atoms with E-state index >= 15 is 0 Å². The number of aryl methyl sites for hydroxylation is 1. The summed E-state index contributed by atoms with van der Waals surface area (Å²) in [5.74, 6) is -0.380. The normalized spacial score (nSPS) is 12.5. The third-order valence-corrected chi connectivity index (χ3v) is 3.13. The molecule has 1 aromatic heterocycles. The number of nitrogens with zero attached hydrogens (tertiary/aromatic N) is 1. The van der Waals surface area contributed by atoms with Crippen molar-refractivity contribution in [3.8, 4) is 0 Å². The molecule has 0 aliphatic rings. The predicted molar refractivity (Wildman–Crippen MR) is 56.5 cm³/mol. The number of rotatable bonds is 4. The van der Waals surface area contributed by atoms with Crippen LogP contribution in [0.15, 0.2) is 5.38 Å². The molecular formula is C10H15NO2S. The van der Waals surface area contributed by atoms with Crippen LogP contribution in [0.1, 0.15) is 36.9 Å². The van der Waals surface area contributed by atoms with Gasteiger partial charge in [-0.15, -0.1) is 11.3 Å². The van der Waals surface area contributed by atoms with Crippen LogP contribution in [0.25, 0.3) is 0 Å². The van der Waals surface area contributed by atoms with E-state index in [0.29, 0.717) is 0 Å². The molecule has 14 heavy (non-hydrogen) atoms. The first-order chi connectivity index (χ1) is 6.72. The lowest BCUT2D eigenvalue weighted by molar-refractivity contribution is -0.142. The molecule has 0 aromatic carbocycles. The summed E-state index contributed by atoms with van der Waals surface area (Å²) in [5.41, 5.74) is 1.05. The molecule has 1 aromatic rings. The van der Waals surface area contributed by atoms with E-state index in [-0.39, 0.29) is 11.9 Å². The summed E-state index contributed by atoms with van der Waals surface area (Å²) in [7, 11) is 1.42. The van der Waals surface area contributed by atoms with Crippen LogP contribution in [0.3, 0.4) is 0 Å². The molecular weight excluding hydrogens is 198 g/mol. The summed E-state index contributed by atoms with van der Waals surface area (Å²) in [5, 5.41) is 2.87. The van der Waals surface area contributed by atoms with Gasteiger partial charge in [-0.1, -0.05) is 13.8 Å². The minimum Gasteiger partial charge on any atom is -0.468 e. The minimum atomic E-state index is -0.190. The minimum absolute atomic E-state index is 0.190. The zero-order valence-electron chi connectivity index (χ0n) is 8.74. The molecule has 0 N–H and O–H groups in total. The van der Waals surface area contributed by atoms with Crippen molar-refractivity contribution in [1.82, 2.24) is 4.98 Å². The molecule has 0 radical (unpaired) electrons. The Morgan fingerprint density at radius 1 is 1.64 bits per heavy atom. The van der Waals surface area contributed by atoms with Gasteiger partial charge in [-0.05, 0) is 12.8 Å². The largest absolute Gasteiger partial charge is 0.468 e. The van der Waals surface area contributed by atoms with Gasteiger partial charge < -0.3 is 4.74 Å². The first-order valence-corrected chi connectivity index (χ1v) is 5.63. The van der Waals surface area contributed by atoms with Crippen molar-refractivity contribution in [3.63, 3.8) is 0 Å². The Kier molecular flexibility index (Phi) is 4.07. The average molecular weight is 213 g/mol. The van der Waals surface area contributed by atoms with Gasteiger partial charge in [-0.2, -0.15) is 0 Å². The van der Waals surface area contributed by atoms with Crippen molar-refractivity contribution >= 4 is 17.3 Å². The highest BCUT2D eigenvalue weighted by Gasteiger charge is 2.22. The van der Waals surface area contributed by atoms with E-state index in [1.807, 2.05) is 12.3 Å². The SMILES string of the molecule is CCc1csc(C(CC)C(=O)OC)n1. The van der Waals surface area contributed by atoms with Crippen molar-refractivity contribution in [3.05, 3.63) is 16.1 Å². The number of hydrogen-bond donors (Lipinski definition) is 0. The van der Waals surface area contributed by atoms with Gasteiger partial charge in [0.25, 0.3) is 0 Å². The van der Waals surface area contributed by atoms with Crippen LogP contribution in [-0.4, -0.2) is 18.1 Å². The number of ether oxygens (including phenoxy) is 1. The number of esters is 1. The standard InChI is InChI=1S/C10H15NO2S/c1-4-7-6-14-9(11-7)8(5-2)10(12)13-3/h6,8H,4-5H2,1-3H3. The highest BCUT2D eigenvalue weighted by atomic mass is 32.1. The molecule has 0 aliphatic heterocycles. The fourth-order valence-corrected chi connectivity index (χ4v) is 2.30. The van der Waals surface area contributed by atoms with Gasteiger partial charge in [0.2, 0.25) is 0 Å². The maximum Gasteiger partial charge on any atom is 0.315 e. The van der Waals surface area contributed by atoms with E-state index in [1.54, 1.807) is 0 Å². The number of carbonyl (C=O) groups excluding carboxylic acids is 1. The molecule has 0 saturated carbocycles. The molecule has 0 bridgehead atoms. The molecule has 1 atom stereocenters. The molecule has 1 heterocycles. The zero-order chi connectivity index (χ0) is 10.6. The number of methoxy groups -OCH3 is 1. The van der Waals surface area contributed by atoms with Crippen molar-refractivity contribution < 1.29 is 9.53 Å². The molecule has 1 rings (SSSR count). The summed E-state index contributed by atoms with van der Waals surface area (Å²) in [6.07, 6.45) is 1.65. The lowest BCUT2D eigenvalue weighted by Gasteiger charge is -2.08. The first-order valence-electron chi connectivity index (χ1n) is 4.75. The van der Waals surface area contributed by atoms with Crippen molar-refractivity contribution in [2.45, 2.75) is 32.6 Å². The van der Waals surface area contributed by atoms with Crippen molar-refractivity contribution in [2.75, 3.05) is 7.11 Å². The van der Waals surface area contributed by atoms with Crippen LogP contribution in [0.4, 0.5) is 0 Å². The zero-order valence-corrected chi connectivity index (χ0v) is 9.56. The Balaban J connectivity index is 2.83. The lowest BCUT2D eigenvalue weighted by Crippen LogP contribution is -2.13. The highest BCUT2D eigenvalue weighted by Crippen LogP contribution is 2.24. The summed E-state index contributed by atoms with van der Waals surface area (Å²) >= 11 is 1.54. The van der Waals surface area contributed by atoms with E-state index in [4.69, 9.17) is 4.74 Å². The van der Waals surface area contributed by atoms with Crippen LogP contribution in [0, 0.1) is 0 Å². The number of carbonyl (C=O) groups is 1. The second-order valence-electron chi connectivity index (χ2n) is 3.01. The van der Waals surface area contributed by atoms with E-state index in [9.17, 15) is 4.79 Å². The maximum absolute atomic E-state index is 11.4. The van der Waals surface area contributed by atoms with E-state index in [0.717, 1.165) is 23.5 Å². The van der Waals surface area contributed by atoms with Gasteiger partial charge in [-0.25, -0.2) is 4.98 Å². The fourth-order valence-electron chi connectivity index (χ4n) is 1.23. The van der Waals surface area contributed by atoms with Gasteiger partial charge >= 0.3 is 5.97 Å². The van der Waals surface area contributed by atoms with Gasteiger partial charge in [0.05, 0.1) is 12.8 Å². The summed E-state index contributed by atoms with van der Waals surface area (Å²) in [6.45, 7) is 4.02. The second kappa shape index (κ2) is 5.10. The fraction of sp³-hybridized carbons (Fsp3) is 0.600. The quantitative estimate of drug-likeness (QED) is 0.721. The number of thiazole rings is 1. The van der Waals surface area contributed by atoms with Gasteiger partial charge in [0.1, 0.15) is 10.9 Å². The highest BCUT2D eigenvalue weighted by molar-refractivity contribution is 7.09. The van der Waals surface area contributed by atoms with Gasteiger partial charge in [0.15, 0.2) is 0 Å². The van der Waals surface area contributed by atoms with Gasteiger partial charge in [0, 0.05) is 5.38 Å². The predicted octanol–water partition coefficient (Wildman–Crippen LogP) is 2.37. The first kappa shape index (κ1) is 11.2. The molecule has 0 amide bonds. The summed E-state index contributed by atoms with van der Waals surface area (Å²) in [4.78, 5) is 15.8. The van der Waals surface area contributed by atoms with Gasteiger partial charge in [-0.3, -0.25) is 4.79 Å². The second-order valence-corrected chi connectivity index (χ2v) is 3.90. The maximum atomic E-state index is 11.4. The average Bonchev–Trinajstić information content (AvgIpc) is 2.67. The molecule has 3 nitrogen and oxygen atoms in total. The molecule has 0 saturated heterocycles. The third kappa shape index (κ3) is 2.32. The Morgan fingerprint density at radius 2 is 2.36 bits per heavy atom. The van der Waals surface area contributed by atoms with E-state index in [2.05, 4.69) is 11.9 Å². The Morgan fingerprint density at radius 3 is 2.79 bits per heavy atom. The Labute approximate surface area is 88.1 Å². The van der Waals surface area contributed by atoms with Crippen LogP contribution >= 0.6 is 11.3 Å². The Bertz CT molecular complexity index is 309. The third-order valence-electron chi connectivity index (χ3n) is 2.12. The lowest BCUT2D eigenvalue weighted by atomic mass is 10.1. The molecule has 0 spiro atoms. The molecule has 78 valence electrons. The molecule has 0 fully saturated rings. The van der Waals surface area contributed by atoms with E-state index in [1.165, 1.54) is 18.4 Å². The molecule has 1 unspecified atom stereocenters. The monoisotopic (exact) mass is 213 g/mol. The summed E-state index contributed by atoms with van der Waals surface area (Å²) in [6, 6.07) is 0. The van der Waals surface area contributed by atoms with Crippen LogP contribution in [0.5, 0.6) is 0 Å². The molecule has 4 heteroatoms. The van der Waals surface area contributed by atoms with Crippen LogP contribution in [-0.2, 0) is 16.0 Å². The van der Waals surface area contributed by atoms with E-state index < -0.39 is 0 Å². The Hall–Kier alpha value is -0.900. The number of hydrogen-bond acceptors (Lipinski definition) is 4. The van der Waals surface area contributed by atoms with Crippen LogP contribution in [0.2, 0.25) is 0 Å². The van der Waals surface area contributed by atoms with Crippen molar-refractivity contribution in [2.24, 2.45) is 0 Å². The molecule has 0 aliphatic carbocycles. The summed E-state index contributed by atoms with van der Waals surface area (Å²) < 4.78 is 4.73. The topological polar surface area (TPSA) is 39.2 Å². The van der Waals surface area contributed by atoms with Crippen LogP contribution < -0.4 is 0 Å².